The highest BCUT2D eigenvalue weighted by Gasteiger charge is 2.42. The summed E-state index contributed by atoms with van der Waals surface area (Å²) < 4.78 is 2.23. The number of H-pyrrole nitrogens is 1. The number of carbonyl (C=O) groups excluding carboxylic acids is 2. The number of benzene rings is 2. The zero-order valence-corrected chi connectivity index (χ0v) is 21.5. The molecule has 2 aromatic carbocycles. The minimum absolute atomic E-state index is 0.165. The van der Waals surface area contributed by atoms with Gasteiger partial charge in [0.15, 0.2) is 0 Å². The summed E-state index contributed by atoms with van der Waals surface area (Å²) in [5.41, 5.74) is 6.08. The number of imide groups is 1. The van der Waals surface area contributed by atoms with Gasteiger partial charge in [-0.2, -0.15) is 0 Å². The van der Waals surface area contributed by atoms with Crippen LogP contribution in [0.2, 0.25) is 0 Å². The molecule has 0 radical (unpaired) electrons. The van der Waals surface area contributed by atoms with Crippen LogP contribution in [0.25, 0.3) is 21.8 Å². The topological polar surface area (TPSA) is 87.2 Å². The van der Waals surface area contributed by atoms with Crippen molar-refractivity contribution in [3.05, 3.63) is 87.0 Å². The van der Waals surface area contributed by atoms with Crippen molar-refractivity contribution in [1.82, 2.24) is 14.5 Å². The molecule has 0 fully saturated rings. The number of nitrogens with zero attached hydrogens (tertiary/aromatic N) is 2. The molecule has 37 heavy (non-hydrogen) atoms. The number of fused-ring (bicyclic) bond motifs is 1. The lowest BCUT2D eigenvalue weighted by Crippen LogP contribution is -2.33. The molecule has 0 saturated heterocycles. The third-order valence-corrected chi connectivity index (χ3v) is 7.61. The number of anilines is 1. The van der Waals surface area contributed by atoms with Crippen LogP contribution in [0.1, 0.15) is 49.8 Å². The zero-order chi connectivity index (χ0) is 26.0. The van der Waals surface area contributed by atoms with Crippen molar-refractivity contribution in [2.24, 2.45) is 5.92 Å². The molecule has 0 bridgehead atoms. The number of amides is 2. The maximum absolute atomic E-state index is 13.7. The van der Waals surface area contributed by atoms with Crippen molar-refractivity contribution in [3.8, 4) is 0 Å². The third-order valence-electron chi connectivity index (χ3n) is 7.61. The van der Waals surface area contributed by atoms with Crippen LogP contribution in [0.5, 0.6) is 0 Å². The van der Waals surface area contributed by atoms with E-state index in [1.165, 1.54) is 11.8 Å². The molecule has 2 amide bonds. The van der Waals surface area contributed by atoms with Crippen molar-refractivity contribution in [2.45, 2.75) is 46.6 Å². The average molecular weight is 495 g/mol. The summed E-state index contributed by atoms with van der Waals surface area (Å²) >= 11 is 0. The lowest BCUT2D eigenvalue weighted by atomic mass is 9.84. The number of nitrogens with one attached hydrogen (secondary N) is 2. The monoisotopic (exact) mass is 494 g/mol. The van der Waals surface area contributed by atoms with Crippen molar-refractivity contribution >= 4 is 39.3 Å². The minimum atomic E-state index is -0.611. The van der Waals surface area contributed by atoms with Crippen LogP contribution in [-0.4, -0.2) is 32.8 Å². The van der Waals surface area contributed by atoms with Gasteiger partial charge in [0.25, 0.3) is 11.5 Å². The molecule has 6 rings (SSSR count). The molecule has 1 atom stereocenters. The molecule has 2 N–H and O–H groups in total. The molecule has 0 aliphatic carbocycles. The van der Waals surface area contributed by atoms with Gasteiger partial charge in [0.1, 0.15) is 0 Å². The number of hydrogen-bond acceptors (Lipinski definition) is 4. The number of pyridine rings is 1. The SMILES string of the molecule is CC(=O)N1CC2=C(C1=O)[C@H](c1cc3ccc(C)cc3[nH]c1=O)c1cn(CCC(C)C)c3cccc(c13)N2. The molecule has 2 aliphatic heterocycles. The fraction of sp³-hybridized carbons (Fsp3) is 0.300. The highest BCUT2D eigenvalue weighted by atomic mass is 16.2. The quantitative estimate of drug-likeness (QED) is 0.416. The second-order valence-electron chi connectivity index (χ2n) is 10.7. The average Bonchev–Trinajstić information content (AvgIpc) is 3.33. The smallest absolute Gasteiger partial charge is 0.259 e. The van der Waals surface area contributed by atoms with E-state index >= 15 is 0 Å². The molecule has 2 aromatic heterocycles. The fourth-order valence-electron chi connectivity index (χ4n) is 5.73. The summed E-state index contributed by atoms with van der Waals surface area (Å²) in [6.07, 6.45) is 3.10. The van der Waals surface area contributed by atoms with Crippen molar-refractivity contribution in [2.75, 3.05) is 11.9 Å². The van der Waals surface area contributed by atoms with Gasteiger partial charge in [0.2, 0.25) is 5.91 Å². The molecule has 7 heteroatoms. The molecule has 7 nitrogen and oxygen atoms in total. The Kier molecular flexibility index (Phi) is 5.33. The second kappa shape index (κ2) is 8.47. The first-order valence-electron chi connectivity index (χ1n) is 12.8. The van der Waals surface area contributed by atoms with Gasteiger partial charge in [0, 0.05) is 53.4 Å². The van der Waals surface area contributed by atoms with Gasteiger partial charge in [0.05, 0.1) is 17.6 Å². The van der Waals surface area contributed by atoms with Gasteiger partial charge >= 0.3 is 0 Å². The van der Waals surface area contributed by atoms with Crippen LogP contribution >= 0.6 is 0 Å². The summed E-state index contributed by atoms with van der Waals surface area (Å²) in [4.78, 5) is 44.0. The van der Waals surface area contributed by atoms with E-state index in [2.05, 4.69) is 41.0 Å². The lowest BCUT2D eigenvalue weighted by Gasteiger charge is -2.19. The Morgan fingerprint density at radius 2 is 1.92 bits per heavy atom. The lowest BCUT2D eigenvalue weighted by molar-refractivity contribution is -0.139. The molecule has 4 aromatic rings. The summed E-state index contributed by atoms with van der Waals surface area (Å²) in [7, 11) is 0. The number of hydrogen-bond donors (Lipinski definition) is 2. The molecule has 0 unspecified atom stereocenters. The van der Waals surface area contributed by atoms with Crippen LogP contribution in [0.3, 0.4) is 0 Å². The van der Waals surface area contributed by atoms with E-state index in [1.807, 2.05) is 43.3 Å². The highest BCUT2D eigenvalue weighted by molar-refractivity contribution is 6.11. The number of carbonyl (C=O) groups is 2. The molecule has 0 spiro atoms. The van der Waals surface area contributed by atoms with Gasteiger partial charge in [-0.05, 0) is 60.0 Å². The van der Waals surface area contributed by atoms with Crippen LogP contribution in [-0.2, 0) is 16.1 Å². The van der Waals surface area contributed by atoms with Gasteiger partial charge in [-0.25, -0.2) is 0 Å². The number of aryl methyl sites for hydroxylation is 2. The highest BCUT2D eigenvalue weighted by Crippen LogP contribution is 2.46. The molecule has 2 aliphatic rings. The zero-order valence-electron chi connectivity index (χ0n) is 21.5. The maximum Gasteiger partial charge on any atom is 0.259 e. The largest absolute Gasteiger partial charge is 0.356 e. The Bertz CT molecular complexity index is 1710. The van der Waals surface area contributed by atoms with Crippen LogP contribution in [0.15, 0.2) is 64.7 Å². The second-order valence-corrected chi connectivity index (χ2v) is 10.7. The Morgan fingerprint density at radius 1 is 1.11 bits per heavy atom. The van der Waals surface area contributed by atoms with E-state index in [-0.39, 0.29) is 23.9 Å². The summed E-state index contributed by atoms with van der Waals surface area (Å²) in [5, 5.41) is 5.39. The van der Waals surface area contributed by atoms with E-state index in [4.69, 9.17) is 0 Å². The first-order chi connectivity index (χ1) is 17.7. The van der Waals surface area contributed by atoms with Gasteiger partial charge in [-0.1, -0.05) is 32.0 Å². The van der Waals surface area contributed by atoms with E-state index < -0.39 is 5.92 Å². The molecule has 188 valence electrons. The number of rotatable bonds is 4. The van der Waals surface area contributed by atoms with E-state index in [0.29, 0.717) is 22.8 Å². The predicted octanol–water partition coefficient (Wildman–Crippen LogP) is 5.04. The Balaban J connectivity index is 1.64. The van der Waals surface area contributed by atoms with E-state index in [0.717, 1.165) is 51.6 Å². The minimum Gasteiger partial charge on any atom is -0.356 e. The fourth-order valence-corrected chi connectivity index (χ4v) is 5.73. The van der Waals surface area contributed by atoms with E-state index in [1.54, 1.807) is 0 Å². The van der Waals surface area contributed by atoms with Crippen LogP contribution in [0, 0.1) is 12.8 Å². The molecule has 0 saturated carbocycles. The van der Waals surface area contributed by atoms with Crippen molar-refractivity contribution in [1.29, 1.82) is 0 Å². The first kappa shape index (κ1) is 23.3. The Morgan fingerprint density at radius 3 is 2.68 bits per heavy atom. The maximum atomic E-state index is 13.7. The predicted molar refractivity (Wildman–Crippen MR) is 146 cm³/mol. The van der Waals surface area contributed by atoms with Gasteiger partial charge in [-0.15, -0.1) is 0 Å². The van der Waals surface area contributed by atoms with Crippen LogP contribution < -0.4 is 10.9 Å². The molecular formula is C30H30N4O3. The summed E-state index contributed by atoms with van der Waals surface area (Å²) in [6.45, 7) is 8.79. The first-order valence-corrected chi connectivity index (χ1v) is 12.8. The Hall–Kier alpha value is -4.13. The van der Waals surface area contributed by atoms with E-state index in [9.17, 15) is 14.4 Å². The van der Waals surface area contributed by atoms with Crippen molar-refractivity contribution < 1.29 is 9.59 Å². The van der Waals surface area contributed by atoms with Crippen molar-refractivity contribution in [3.63, 3.8) is 0 Å². The van der Waals surface area contributed by atoms with Gasteiger partial charge < -0.3 is 14.9 Å². The van der Waals surface area contributed by atoms with Gasteiger partial charge in [-0.3, -0.25) is 19.3 Å². The summed E-state index contributed by atoms with van der Waals surface area (Å²) in [5.74, 6) is -0.735. The number of aromatic amines is 1. The van der Waals surface area contributed by atoms with Crippen LogP contribution in [0.4, 0.5) is 5.69 Å². The normalized spacial score (nSPS) is 17.1. The molecular weight excluding hydrogens is 464 g/mol. The Labute approximate surface area is 214 Å². The third kappa shape index (κ3) is 3.68. The summed E-state index contributed by atoms with van der Waals surface area (Å²) in [6, 6.07) is 14.0. The number of aromatic nitrogens is 2. The standard InChI is InChI=1S/C30H30N4O3/c1-16(2)10-11-33-14-21-26(20-13-19-9-8-17(3)12-23(19)32-29(20)36)28-24(15-34(18(4)35)30(28)37)31-22-6-5-7-25(33)27(21)22/h5-9,12-14,16,26,31H,10-11,15H2,1-4H3,(H,32,36)/t26-/m1/s1. The molecule has 4 heterocycles.